The van der Waals surface area contributed by atoms with Crippen molar-refractivity contribution in [2.45, 2.75) is 39.8 Å². The molecular formula is C12H17ClN4O. The van der Waals surface area contributed by atoms with E-state index < -0.39 is 0 Å². The van der Waals surface area contributed by atoms with Gasteiger partial charge >= 0.3 is 0 Å². The lowest BCUT2D eigenvalue weighted by Gasteiger charge is -2.10. The zero-order valence-corrected chi connectivity index (χ0v) is 11.5. The molecular weight excluding hydrogens is 252 g/mol. The molecule has 0 fully saturated rings. The lowest BCUT2D eigenvalue weighted by molar-refractivity contribution is 0.518. The van der Waals surface area contributed by atoms with Crippen LogP contribution >= 0.6 is 11.6 Å². The standard InChI is InChI=1S/C12H17ClN4O/c1-4-17-11(12(13)7(2)16-17)5-9(14)10-6-18-8(3)15-10/h6,9H,4-5,14H2,1-3H3. The van der Waals surface area contributed by atoms with Gasteiger partial charge in [-0.25, -0.2) is 4.98 Å². The molecule has 0 saturated heterocycles. The maximum atomic E-state index is 6.25. The Hall–Kier alpha value is -1.33. The summed E-state index contributed by atoms with van der Waals surface area (Å²) in [6, 6.07) is -0.235. The fourth-order valence-electron chi connectivity index (χ4n) is 1.93. The van der Waals surface area contributed by atoms with Crippen LogP contribution in [0.3, 0.4) is 0 Å². The van der Waals surface area contributed by atoms with Crippen LogP contribution in [0.25, 0.3) is 0 Å². The van der Waals surface area contributed by atoms with E-state index in [1.165, 1.54) is 0 Å². The number of hydrogen-bond acceptors (Lipinski definition) is 4. The zero-order chi connectivity index (χ0) is 13.3. The lowest BCUT2D eigenvalue weighted by Crippen LogP contribution is -2.16. The van der Waals surface area contributed by atoms with Crippen LogP contribution in [-0.4, -0.2) is 14.8 Å². The summed E-state index contributed by atoms with van der Waals surface area (Å²) < 4.78 is 7.05. The van der Waals surface area contributed by atoms with Crippen LogP contribution in [0.15, 0.2) is 10.7 Å². The third kappa shape index (κ3) is 2.42. The number of nitrogens with two attached hydrogens (primary N) is 1. The number of rotatable bonds is 4. The average molecular weight is 269 g/mol. The fraction of sp³-hybridized carbons (Fsp3) is 0.500. The Kier molecular flexibility index (Phi) is 3.73. The first kappa shape index (κ1) is 13.1. The third-order valence-electron chi connectivity index (χ3n) is 2.88. The molecule has 98 valence electrons. The van der Waals surface area contributed by atoms with Gasteiger partial charge in [-0.3, -0.25) is 4.68 Å². The van der Waals surface area contributed by atoms with E-state index in [4.69, 9.17) is 21.8 Å². The van der Waals surface area contributed by atoms with E-state index in [2.05, 4.69) is 10.1 Å². The molecule has 0 saturated carbocycles. The average Bonchev–Trinajstić information content (AvgIpc) is 2.88. The summed E-state index contributed by atoms with van der Waals surface area (Å²) in [5.41, 5.74) is 8.64. The molecule has 2 rings (SSSR count). The quantitative estimate of drug-likeness (QED) is 0.924. The second-order valence-electron chi connectivity index (χ2n) is 4.26. The van der Waals surface area contributed by atoms with E-state index >= 15 is 0 Å². The predicted octanol–water partition coefficient (Wildman–Crippen LogP) is 2.40. The molecule has 18 heavy (non-hydrogen) atoms. The van der Waals surface area contributed by atoms with E-state index in [0.29, 0.717) is 17.3 Å². The topological polar surface area (TPSA) is 69.9 Å². The van der Waals surface area contributed by atoms with E-state index in [1.54, 1.807) is 13.2 Å². The Labute approximate surface area is 111 Å². The largest absolute Gasteiger partial charge is 0.449 e. The van der Waals surface area contributed by atoms with E-state index in [1.807, 2.05) is 18.5 Å². The molecule has 6 heteroatoms. The SMILES string of the molecule is CCn1nc(C)c(Cl)c1CC(N)c1coc(C)n1. The number of hydrogen-bond donors (Lipinski definition) is 1. The van der Waals surface area contributed by atoms with Crippen molar-refractivity contribution in [3.63, 3.8) is 0 Å². The first-order valence-corrected chi connectivity index (χ1v) is 6.30. The van der Waals surface area contributed by atoms with Gasteiger partial charge in [0.1, 0.15) is 6.26 Å². The highest BCUT2D eigenvalue weighted by Crippen LogP contribution is 2.24. The molecule has 0 aromatic carbocycles. The molecule has 0 aliphatic heterocycles. The summed E-state index contributed by atoms with van der Waals surface area (Å²) in [5.74, 6) is 0.617. The van der Waals surface area contributed by atoms with Crippen LogP contribution in [0.2, 0.25) is 5.02 Å². The second kappa shape index (κ2) is 5.12. The molecule has 2 aromatic heterocycles. The molecule has 1 atom stereocenters. The summed E-state index contributed by atoms with van der Waals surface area (Å²) >= 11 is 6.25. The van der Waals surface area contributed by atoms with Gasteiger partial charge in [-0.1, -0.05) is 11.6 Å². The highest BCUT2D eigenvalue weighted by molar-refractivity contribution is 6.31. The number of oxazole rings is 1. The lowest BCUT2D eigenvalue weighted by atomic mass is 10.1. The molecule has 2 N–H and O–H groups in total. The van der Waals surface area contributed by atoms with Gasteiger partial charge in [0.05, 0.1) is 28.1 Å². The Morgan fingerprint density at radius 2 is 2.22 bits per heavy atom. The maximum absolute atomic E-state index is 6.25. The van der Waals surface area contributed by atoms with E-state index in [-0.39, 0.29) is 6.04 Å². The second-order valence-corrected chi connectivity index (χ2v) is 4.64. The summed E-state index contributed by atoms with van der Waals surface area (Å²) in [4.78, 5) is 4.23. The van der Waals surface area contributed by atoms with Crippen LogP contribution in [0, 0.1) is 13.8 Å². The Morgan fingerprint density at radius 3 is 2.78 bits per heavy atom. The minimum Gasteiger partial charge on any atom is -0.449 e. The van der Waals surface area contributed by atoms with Crippen molar-refractivity contribution in [2.24, 2.45) is 5.73 Å². The van der Waals surface area contributed by atoms with Gasteiger partial charge in [0, 0.05) is 19.9 Å². The number of halogens is 1. The van der Waals surface area contributed by atoms with Crippen molar-refractivity contribution in [1.29, 1.82) is 0 Å². The van der Waals surface area contributed by atoms with Gasteiger partial charge in [-0.2, -0.15) is 5.10 Å². The molecule has 2 aromatic rings. The third-order valence-corrected chi connectivity index (χ3v) is 3.37. The highest BCUT2D eigenvalue weighted by Gasteiger charge is 2.18. The van der Waals surface area contributed by atoms with Gasteiger partial charge in [0.15, 0.2) is 5.89 Å². The smallest absolute Gasteiger partial charge is 0.191 e. The fourth-order valence-corrected chi connectivity index (χ4v) is 2.14. The summed E-state index contributed by atoms with van der Waals surface area (Å²) in [7, 11) is 0. The number of nitrogens with zero attached hydrogens (tertiary/aromatic N) is 3. The molecule has 0 aliphatic rings. The van der Waals surface area contributed by atoms with Crippen LogP contribution in [-0.2, 0) is 13.0 Å². The molecule has 0 spiro atoms. The van der Waals surface area contributed by atoms with Gasteiger partial charge < -0.3 is 10.2 Å². The Morgan fingerprint density at radius 1 is 1.50 bits per heavy atom. The van der Waals surface area contributed by atoms with Gasteiger partial charge in [0.2, 0.25) is 0 Å². The number of aryl methyl sites for hydroxylation is 3. The Balaban J connectivity index is 2.23. The van der Waals surface area contributed by atoms with Crippen molar-refractivity contribution in [2.75, 3.05) is 0 Å². The van der Waals surface area contributed by atoms with Crippen LogP contribution in [0.5, 0.6) is 0 Å². The van der Waals surface area contributed by atoms with Crippen molar-refractivity contribution in [3.8, 4) is 0 Å². The van der Waals surface area contributed by atoms with Gasteiger partial charge in [-0.15, -0.1) is 0 Å². The van der Waals surface area contributed by atoms with E-state index in [9.17, 15) is 0 Å². The summed E-state index contributed by atoms with van der Waals surface area (Å²) in [6.45, 7) is 6.49. The van der Waals surface area contributed by atoms with Crippen LogP contribution in [0.4, 0.5) is 0 Å². The van der Waals surface area contributed by atoms with Gasteiger partial charge in [-0.05, 0) is 13.8 Å². The van der Waals surface area contributed by atoms with Crippen molar-refractivity contribution in [1.82, 2.24) is 14.8 Å². The molecule has 0 bridgehead atoms. The monoisotopic (exact) mass is 268 g/mol. The zero-order valence-electron chi connectivity index (χ0n) is 10.8. The van der Waals surface area contributed by atoms with Crippen molar-refractivity contribution < 1.29 is 4.42 Å². The first-order chi connectivity index (χ1) is 8.52. The molecule has 0 aliphatic carbocycles. The van der Waals surface area contributed by atoms with Crippen molar-refractivity contribution in [3.05, 3.63) is 34.3 Å². The normalized spacial score (nSPS) is 12.9. The van der Waals surface area contributed by atoms with E-state index in [0.717, 1.165) is 23.6 Å². The van der Waals surface area contributed by atoms with Crippen LogP contribution in [0.1, 0.15) is 35.9 Å². The summed E-state index contributed by atoms with van der Waals surface area (Å²) in [6.07, 6.45) is 2.19. The molecule has 5 nitrogen and oxygen atoms in total. The predicted molar refractivity (Wildman–Crippen MR) is 69.5 cm³/mol. The van der Waals surface area contributed by atoms with Crippen molar-refractivity contribution >= 4 is 11.6 Å². The van der Waals surface area contributed by atoms with Crippen LogP contribution < -0.4 is 5.73 Å². The summed E-state index contributed by atoms with van der Waals surface area (Å²) in [5, 5.41) is 5.05. The maximum Gasteiger partial charge on any atom is 0.191 e. The first-order valence-electron chi connectivity index (χ1n) is 5.92. The highest BCUT2D eigenvalue weighted by atomic mass is 35.5. The Bertz CT molecular complexity index is 546. The molecule has 0 radical (unpaired) electrons. The minimum atomic E-state index is -0.235. The molecule has 1 unspecified atom stereocenters. The molecule has 0 amide bonds. The van der Waals surface area contributed by atoms with Gasteiger partial charge in [0.25, 0.3) is 0 Å². The minimum absolute atomic E-state index is 0.235. The molecule has 2 heterocycles. The number of aromatic nitrogens is 3.